The number of nitrogens with one attached hydrogen (secondary N) is 2. The van der Waals surface area contributed by atoms with Crippen LogP contribution in [-0.2, 0) is 11.2 Å². The van der Waals surface area contributed by atoms with Crippen molar-refractivity contribution in [2.75, 3.05) is 6.61 Å². The minimum Gasteiger partial charge on any atom is -0.481 e. The van der Waals surface area contributed by atoms with E-state index in [9.17, 15) is 9.59 Å². The fraction of sp³-hybridized carbons (Fsp3) is 0.375. The summed E-state index contributed by atoms with van der Waals surface area (Å²) < 4.78 is 0. The third kappa shape index (κ3) is 6.90. The standard InChI is InChI=1S/C16H22N2O4/c1-2-13(11-19)17-16(22)18-14(8-9-15(20)21)10-12-6-4-3-5-7-12/h2-7,13-14,19H,1,8-11H2,(H,20,21)(H2,17,18,22). The molecule has 6 heteroatoms. The second kappa shape index (κ2) is 9.57. The molecule has 0 radical (unpaired) electrons. The summed E-state index contributed by atoms with van der Waals surface area (Å²) in [5.74, 6) is -0.903. The third-order valence-corrected chi connectivity index (χ3v) is 3.16. The zero-order chi connectivity index (χ0) is 16.4. The zero-order valence-electron chi connectivity index (χ0n) is 12.4. The number of aliphatic hydroxyl groups is 1. The van der Waals surface area contributed by atoms with E-state index < -0.39 is 18.0 Å². The van der Waals surface area contributed by atoms with Gasteiger partial charge in [0.05, 0.1) is 12.6 Å². The maximum absolute atomic E-state index is 11.9. The molecule has 4 N–H and O–H groups in total. The smallest absolute Gasteiger partial charge is 0.315 e. The van der Waals surface area contributed by atoms with Gasteiger partial charge in [0.25, 0.3) is 0 Å². The number of amides is 2. The average molecular weight is 306 g/mol. The molecule has 0 saturated carbocycles. The lowest BCUT2D eigenvalue weighted by Gasteiger charge is -2.20. The van der Waals surface area contributed by atoms with Crippen molar-refractivity contribution < 1.29 is 19.8 Å². The molecular weight excluding hydrogens is 284 g/mol. The molecule has 0 bridgehead atoms. The summed E-state index contributed by atoms with van der Waals surface area (Å²) in [5, 5.41) is 23.1. The minimum absolute atomic E-state index is 0.0251. The molecule has 0 aliphatic rings. The Morgan fingerprint density at radius 2 is 1.91 bits per heavy atom. The van der Waals surface area contributed by atoms with E-state index in [-0.39, 0.29) is 19.1 Å². The van der Waals surface area contributed by atoms with Crippen LogP contribution in [0.15, 0.2) is 43.0 Å². The lowest BCUT2D eigenvalue weighted by molar-refractivity contribution is -0.137. The second-order valence-corrected chi connectivity index (χ2v) is 4.96. The number of rotatable bonds is 9. The molecule has 0 spiro atoms. The fourth-order valence-electron chi connectivity index (χ4n) is 2.00. The Bertz CT molecular complexity index is 490. The summed E-state index contributed by atoms with van der Waals surface area (Å²) in [6, 6.07) is 8.24. The van der Waals surface area contributed by atoms with E-state index in [0.717, 1.165) is 5.56 Å². The van der Waals surface area contributed by atoms with Gasteiger partial charge in [-0.3, -0.25) is 4.79 Å². The molecule has 120 valence electrons. The molecule has 2 atom stereocenters. The quantitative estimate of drug-likeness (QED) is 0.517. The Labute approximate surface area is 129 Å². The first kappa shape index (κ1) is 17.7. The SMILES string of the molecule is C=CC(CO)NC(=O)NC(CCC(=O)O)Cc1ccccc1. The van der Waals surface area contributed by atoms with E-state index >= 15 is 0 Å². The number of hydrogen-bond donors (Lipinski definition) is 4. The van der Waals surface area contributed by atoms with Crippen molar-refractivity contribution in [2.45, 2.75) is 31.3 Å². The predicted octanol–water partition coefficient (Wildman–Crippen LogP) is 1.31. The van der Waals surface area contributed by atoms with Gasteiger partial charge in [-0.25, -0.2) is 4.79 Å². The van der Waals surface area contributed by atoms with E-state index in [1.807, 2.05) is 30.3 Å². The molecule has 1 rings (SSSR count). The van der Waals surface area contributed by atoms with Crippen molar-refractivity contribution in [3.05, 3.63) is 48.6 Å². The highest BCUT2D eigenvalue weighted by atomic mass is 16.4. The summed E-state index contributed by atoms with van der Waals surface area (Å²) in [6.07, 6.45) is 2.28. The van der Waals surface area contributed by atoms with Gasteiger partial charge in [0, 0.05) is 12.5 Å². The van der Waals surface area contributed by atoms with Gasteiger partial charge < -0.3 is 20.8 Å². The van der Waals surface area contributed by atoms with Gasteiger partial charge in [0.1, 0.15) is 0 Å². The molecule has 0 fully saturated rings. The predicted molar refractivity (Wildman–Crippen MR) is 83.5 cm³/mol. The van der Waals surface area contributed by atoms with Gasteiger partial charge in [0.15, 0.2) is 0 Å². The van der Waals surface area contributed by atoms with Gasteiger partial charge in [-0.15, -0.1) is 6.58 Å². The number of urea groups is 1. The summed E-state index contributed by atoms with van der Waals surface area (Å²) in [6.45, 7) is 3.27. The molecule has 1 aromatic carbocycles. The maximum Gasteiger partial charge on any atom is 0.315 e. The highest BCUT2D eigenvalue weighted by Gasteiger charge is 2.16. The van der Waals surface area contributed by atoms with Gasteiger partial charge in [-0.1, -0.05) is 36.4 Å². The third-order valence-electron chi connectivity index (χ3n) is 3.16. The highest BCUT2D eigenvalue weighted by Crippen LogP contribution is 2.08. The lowest BCUT2D eigenvalue weighted by atomic mass is 10.0. The van der Waals surface area contributed by atoms with Crippen LogP contribution in [0.4, 0.5) is 4.79 Å². The van der Waals surface area contributed by atoms with Crippen molar-refractivity contribution >= 4 is 12.0 Å². The monoisotopic (exact) mass is 306 g/mol. The average Bonchev–Trinajstić information content (AvgIpc) is 2.51. The van der Waals surface area contributed by atoms with Crippen molar-refractivity contribution in [3.63, 3.8) is 0 Å². The first-order valence-corrected chi connectivity index (χ1v) is 7.11. The van der Waals surface area contributed by atoms with Crippen molar-refractivity contribution in [1.82, 2.24) is 10.6 Å². The molecule has 2 amide bonds. The first-order chi connectivity index (χ1) is 10.5. The zero-order valence-corrected chi connectivity index (χ0v) is 12.4. The number of carboxylic acids is 1. The molecule has 6 nitrogen and oxygen atoms in total. The van der Waals surface area contributed by atoms with Crippen molar-refractivity contribution in [1.29, 1.82) is 0 Å². The minimum atomic E-state index is -0.903. The number of hydrogen-bond acceptors (Lipinski definition) is 3. The molecule has 2 unspecified atom stereocenters. The molecular formula is C16H22N2O4. The van der Waals surface area contributed by atoms with Crippen LogP contribution in [0, 0.1) is 0 Å². The molecule has 0 aromatic heterocycles. The lowest BCUT2D eigenvalue weighted by Crippen LogP contribution is -2.47. The van der Waals surface area contributed by atoms with E-state index in [1.54, 1.807) is 0 Å². The topological polar surface area (TPSA) is 98.7 Å². The summed E-state index contributed by atoms with van der Waals surface area (Å²) in [5.41, 5.74) is 1.01. The summed E-state index contributed by atoms with van der Waals surface area (Å²) >= 11 is 0. The summed E-state index contributed by atoms with van der Waals surface area (Å²) in [4.78, 5) is 22.6. The normalized spacial score (nSPS) is 13.0. The molecule has 0 heterocycles. The van der Waals surface area contributed by atoms with Crippen LogP contribution >= 0.6 is 0 Å². The summed E-state index contributed by atoms with van der Waals surface area (Å²) in [7, 11) is 0. The number of aliphatic hydroxyl groups excluding tert-OH is 1. The van der Waals surface area contributed by atoms with Crippen LogP contribution in [0.25, 0.3) is 0 Å². The number of carboxylic acid groups (broad SMARTS) is 1. The Balaban J connectivity index is 2.62. The van der Waals surface area contributed by atoms with Crippen LogP contribution in [0.3, 0.4) is 0 Å². The Hall–Kier alpha value is -2.34. The van der Waals surface area contributed by atoms with E-state index in [0.29, 0.717) is 12.8 Å². The van der Waals surface area contributed by atoms with Crippen LogP contribution in [0.5, 0.6) is 0 Å². The highest BCUT2D eigenvalue weighted by molar-refractivity contribution is 5.75. The number of carbonyl (C=O) groups excluding carboxylic acids is 1. The Morgan fingerprint density at radius 1 is 1.23 bits per heavy atom. The maximum atomic E-state index is 11.9. The van der Waals surface area contributed by atoms with E-state index in [4.69, 9.17) is 10.2 Å². The molecule has 1 aromatic rings. The number of aliphatic carboxylic acids is 1. The van der Waals surface area contributed by atoms with Crippen molar-refractivity contribution in [2.24, 2.45) is 0 Å². The van der Waals surface area contributed by atoms with E-state index in [2.05, 4.69) is 17.2 Å². The second-order valence-electron chi connectivity index (χ2n) is 4.96. The number of benzene rings is 1. The van der Waals surface area contributed by atoms with Crippen molar-refractivity contribution in [3.8, 4) is 0 Å². The van der Waals surface area contributed by atoms with Gasteiger partial charge >= 0.3 is 12.0 Å². The molecule has 22 heavy (non-hydrogen) atoms. The number of carbonyl (C=O) groups is 2. The van der Waals surface area contributed by atoms with Gasteiger partial charge in [0.2, 0.25) is 0 Å². The van der Waals surface area contributed by atoms with Gasteiger partial charge in [-0.2, -0.15) is 0 Å². The Morgan fingerprint density at radius 3 is 2.45 bits per heavy atom. The van der Waals surface area contributed by atoms with Crippen LogP contribution < -0.4 is 10.6 Å². The fourth-order valence-corrected chi connectivity index (χ4v) is 2.00. The first-order valence-electron chi connectivity index (χ1n) is 7.11. The van der Waals surface area contributed by atoms with Crippen LogP contribution in [-0.4, -0.2) is 40.9 Å². The Kier molecular flexibility index (Phi) is 7.70. The van der Waals surface area contributed by atoms with E-state index in [1.165, 1.54) is 6.08 Å². The molecule has 0 saturated heterocycles. The van der Waals surface area contributed by atoms with Crippen LogP contribution in [0.1, 0.15) is 18.4 Å². The molecule has 0 aliphatic heterocycles. The largest absolute Gasteiger partial charge is 0.481 e. The van der Waals surface area contributed by atoms with Gasteiger partial charge in [-0.05, 0) is 18.4 Å². The van der Waals surface area contributed by atoms with Crippen LogP contribution in [0.2, 0.25) is 0 Å². The molecule has 0 aliphatic carbocycles.